The molecule has 0 N–H and O–H groups in total. The normalized spacial score (nSPS) is 11.2. The molecule has 3 nitrogen and oxygen atoms in total. The number of nitrogens with zero attached hydrogens (tertiary/aromatic N) is 3. The summed E-state index contributed by atoms with van der Waals surface area (Å²) in [7, 11) is 0. The fourth-order valence-corrected chi connectivity index (χ4v) is 8.08. The SMILES string of the molecule is c1ccc(-c2ccc(-n3c4ccccc4c4ccc(-c5cc(N(c6ccccc6)c6ccccc6)cc(N(c6ccccc6)c6ccccc6)c5)cc43)cc2)cc1. The Kier molecular flexibility index (Phi) is 8.86. The summed E-state index contributed by atoms with van der Waals surface area (Å²) in [6, 6.07) is 84.8. The molecule has 0 atom stereocenters. The Morgan fingerprint density at radius 3 is 1.16 bits per heavy atom. The number of anilines is 6. The molecule has 9 aromatic carbocycles. The van der Waals surface area contributed by atoms with Crippen molar-refractivity contribution in [1.29, 1.82) is 0 Å². The van der Waals surface area contributed by atoms with E-state index >= 15 is 0 Å². The van der Waals surface area contributed by atoms with Gasteiger partial charge in [0, 0.05) is 50.6 Å². The molecule has 1 aromatic heterocycles. The first-order valence-corrected chi connectivity index (χ1v) is 19.4. The van der Waals surface area contributed by atoms with E-state index in [2.05, 4.69) is 251 Å². The predicted molar refractivity (Wildman–Crippen MR) is 241 cm³/mol. The molecule has 3 heteroatoms. The van der Waals surface area contributed by atoms with E-state index < -0.39 is 0 Å². The number of rotatable bonds is 9. The molecule has 0 aliphatic heterocycles. The standard InChI is InChI=1S/C54H39N3/c1-6-18-40(19-7-1)41-30-33-48(34-31-41)57-53-29-17-16-28-51(53)52-35-32-42(38-54(52)57)43-36-49(55(44-20-8-2-9-21-44)45-22-10-3-11-23-45)39-50(37-43)56(46-24-12-4-13-25-46)47-26-14-5-15-27-47/h1-39H. The van der Waals surface area contributed by atoms with Crippen LogP contribution in [0, 0.1) is 0 Å². The molecular weight excluding hydrogens is 691 g/mol. The van der Waals surface area contributed by atoms with Gasteiger partial charge in [-0.05, 0) is 113 Å². The number of benzene rings is 9. The smallest absolute Gasteiger partial charge is 0.0547 e. The van der Waals surface area contributed by atoms with Crippen LogP contribution >= 0.6 is 0 Å². The van der Waals surface area contributed by atoms with Crippen molar-refractivity contribution in [2.45, 2.75) is 0 Å². The lowest BCUT2D eigenvalue weighted by molar-refractivity contribution is 1.18. The molecule has 0 amide bonds. The lowest BCUT2D eigenvalue weighted by atomic mass is 10.00. The van der Waals surface area contributed by atoms with E-state index in [4.69, 9.17) is 0 Å². The van der Waals surface area contributed by atoms with Gasteiger partial charge in [0.2, 0.25) is 0 Å². The highest BCUT2D eigenvalue weighted by molar-refractivity contribution is 6.10. The van der Waals surface area contributed by atoms with Crippen LogP contribution in [0.3, 0.4) is 0 Å². The van der Waals surface area contributed by atoms with Crippen LogP contribution in [-0.4, -0.2) is 4.57 Å². The van der Waals surface area contributed by atoms with Gasteiger partial charge in [-0.2, -0.15) is 0 Å². The monoisotopic (exact) mass is 729 g/mol. The largest absolute Gasteiger partial charge is 0.310 e. The molecule has 0 spiro atoms. The van der Waals surface area contributed by atoms with Crippen molar-refractivity contribution in [1.82, 2.24) is 4.57 Å². The third kappa shape index (κ3) is 6.52. The van der Waals surface area contributed by atoms with Crippen molar-refractivity contribution in [2.24, 2.45) is 0 Å². The molecule has 1 heterocycles. The molecule has 10 rings (SSSR count). The van der Waals surface area contributed by atoms with Crippen molar-refractivity contribution >= 4 is 55.9 Å². The minimum absolute atomic E-state index is 1.06. The van der Waals surface area contributed by atoms with Gasteiger partial charge in [-0.1, -0.05) is 146 Å². The second-order valence-electron chi connectivity index (χ2n) is 14.2. The number of hydrogen-bond donors (Lipinski definition) is 0. The van der Waals surface area contributed by atoms with Crippen LogP contribution in [0.5, 0.6) is 0 Å². The van der Waals surface area contributed by atoms with E-state index in [0.29, 0.717) is 0 Å². The van der Waals surface area contributed by atoms with E-state index in [1.165, 1.54) is 32.9 Å². The van der Waals surface area contributed by atoms with Gasteiger partial charge in [0.15, 0.2) is 0 Å². The highest BCUT2D eigenvalue weighted by Crippen LogP contribution is 2.44. The summed E-state index contributed by atoms with van der Waals surface area (Å²) in [4.78, 5) is 4.70. The Morgan fingerprint density at radius 1 is 0.246 bits per heavy atom. The molecule has 0 saturated carbocycles. The zero-order valence-corrected chi connectivity index (χ0v) is 31.4. The van der Waals surface area contributed by atoms with E-state index in [9.17, 15) is 0 Å². The van der Waals surface area contributed by atoms with Crippen molar-refractivity contribution < 1.29 is 0 Å². The minimum atomic E-state index is 1.06. The molecule has 0 bridgehead atoms. The Morgan fingerprint density at radius 2 is 0.649 bits per heavy atom. The molecule has 57 heavy (non-hydrogen) atoms. The number of para-hydroxylation sites is 5. The molecule has 0 aliphatic rings. The van der Waals surface area contributed by atoms with Crippen molar-refractivity contribution in [3.05, 3.63) is 237 Å². The maximum Gasteiger partial charge on any atom is 0.0547 e. The lowest BCUT2D eigenvalue weighted by Crippen LogP contribution is -2.13. The topological polar surface area (TPSA) is 11.4 Å². The first-order valence-electron chi connectivity index (χ1n) is 19.4. The highest BCUT2D eigenvalue weighted by atomic mass is 15.2. The van der Waals surface area contributed by atoms with Crippen molar-refractivity contribution in [3.63, 3.8) is 0 Å². The second-order valence-corrected chi connectivity index (χ2v) is 14.2. The third-order valence-corrected chi connectivity index (χ3v) is 10.7. The zero-order valence-electron chi connectivity index (χ0n) is 31.4. The second kappa shape index (κ2) is 14.9. The van der Waals surface area contributed by atoms with Gasteiger partial charge in [-0.25, -0.2) is 0 Å². The van der Waals surface area contributed by atoms with Crippen LogP contribution in [0.1, 0.15) is 0 Å². The van der Waals surface area contributed by atoms with Gasteiger partial charge in [-0.15, -0.1) is 0 Å². The van der Waals surface area contributed by atoms with Crippen molar-refractivity contribution in [3.8, 4) is 27.9 Å². The molecule has 0 unspecified atom stereocenters. The lowest BCUT2D eigenvalue weighted by Gasteiger charge is -2.30. The predicted octanol–water partition coefficient (Wildman–Crippen LogP) is 15.1. The van der Waals surface area contributed by atoms with Gasteiger partial charge in [-0.3, -0.25) is 0 Å². The van der Waals surface area contributed by atoms with Gasteiger partial charge >= 0.3 is 0 Å². The van der Waals surface area contributed by atoms with Crippen LogP contribution in [0.15, 0.2) is 237 Å². The summed E-state index contributed by atoms with van der Waals surface area (Å²) in [6.45, 7) is 0. The first-order chi connectivity index (χ1) is 28.3. The molecule has 0 fully saturated rings. The maximum atomic E-state index is 2.41. The Hall–Kier alpha value is -7.62. The van der Waals surface area contributed by atoms with Crippen LogP contribution in [0.25, 0.3) is 49.7 Å². The Balaban J connectivity index is 1.20. The summed E-state index contributed by atoms with van der Waals surface area (Å²) in [5.41, 5.74) is 14.6. The fraction of sp³-hybridized carbons (Fsp3) is 0. The van der Waals surface area contributed by atoms with Crippen LogP contribution in [0.4, 0.5) is 34.1 Å². The molecule has 0 radical (unpaired) electrons. The van der Waals surface area contributed by atoms with E-state index in [1.807, 2.05) is 0 Å². The number of fused-ring (bicyclic) bond motifs is 3. The van der Waals surface area contributed by atoms with Gasteiger partial charge in [0.1, 0.15) is 0 Å². The zero-order chi connectivity index (χ0) is 38.0. The van der Waals surface area contributed by atoms with Gasteiger partial charge in [0.25, 0.3) is 0 Å². The quantitative estimate of drug-likeness (QED) is 0.147. The van der Waals surface area contributed by atoms with E-state index in [1.54, 1.807) is 0 Å². The molecule has 0 saturated heterocycles. The molecule has 270 valence electrons. The first kappa shape index (κ1) is 33.9. The van der Waals surface area contributed by atoms with Crippen molar-refractivity contribution in [2.75, 3.05) is 9.80 Å². The summed E-state index contributed by atoms with van der Waals surface area (Å²) >= 11 is 0. The summed E-state index contributed by atoms with van der Waals surface area (Å²) in [6.07, 6.45) is 0. The van der Waals surface area contributed by atoms with E-state index in [0.717, 1.165) is 50.9 Å². The van der Waals surface area contributed by atoms with Crippen LogP contribution in [-0.2, 0) is 0 Å². The van der Waals surface area contributed by atoms with Gasteiger partial charge in [0.05, 0.1) is 11.0 Å². The fourth-order valence-electron chi connectivity index (χ4n) is 8.08. The third-order valence-electron chi connectivity index (χ3n) is 10.7. The van der Waals surface area contributed by atoms with Crippen LogP contribution in [0.2, 0.25) is 0 Å². The Labute approximate surface area is 333 Å². The van der Waals surface area contributed by atoms with E-state index in [-0.39, 0.29) is 0 Å². The average molecular weight is 730 g/mol. The maximum absolute atomic E-state index is 2.41. The number of aromatic nitrogens is 1. The Bertz CT molecular complexity index is 2740. The average Bonchev–Trinajstić information content (AvgIpc) is 3.62. The van der Waals surface area contributed by atoms with Crippen LogP contribution < -0.4 is 9.80 Å². The number of hydrogen-bond acceptors (Lipinski definition) is 2. The van der Waals surface area contributed by atoms with Gasteiger partial charge < -0.3 is 14.4 Å². The summed E-state index contributed by atoms with van der Waals surface area (Å²) in [5.74, 6) is 0. The minimum Gasteiger partial charge on any atom is -0.310 e. The molecule has 10 aromatic rings. The summed E-state index contributed by atoms with van der Waals surface area (Å²) in [5, 5.41) is 2.46. The highest BCUT2D eigenvalue weighted by Gasteiger charge is 2.20. The summed E-state index contributed by atoms with van der Waals surface area (Å²) < 4.78 is 2.41. The molecule has 0 aliphatic carbocycles. The molecular formula is C54H39N3.